The largest absolute Gasteiger partial charge is 0.444 e. The number of ether oxygens (including phenoxy) is 1. The second-order valence-electron chi connectivity index (χ2n) is 12.8. The molecule has 1 atom stereocenters. The summed E-state index contributed by atoms with van der Waals surface area (Å²) in [5.74, 6) is -2.54. The molecule has 1 heterocycles. The standard InChI is InChI=1S/C38H37F2N3O4/c1-38(2,3)47-37(46)43-22-23-9-12-33-26(14-23)10-11-27(33)19-32(44)20-29(15-24-16-30(39)21-31(40)17-24)35-34(8-5-13-42-35)25-6-4-7-28(18-25)36(41)45/h4-9,11-14,16-18,21,29H,10,15,19-20,22H2,1-3H3,(H2,41,45)(H,43,46)/t29-/m1/s1. The molecule has 0 saturated heterocycles. The van der Waals surface area contributed by atoms with E-state index in [2.05, 4.69) is 10.3 Å². The number of nitrogens with one attached hydrogen (secondary N) is 1. The Morgan fingerprint density at radius 3 is 2.43 bits per heavy atom. The van der Waals surface area contributed by atoms with Gasteiger partial charge in [-0.2, -0.15) is 0 Å². The second kappa shape index (κ2) is 14.1. The van der Waals surface area contributed by atoms with E-state index in [0.29, 0.717) is 40.9 Å². The van der Waals surface area contributed by atoms with Crippen LogP contribution in [-0.2, 0) is 28.9 Å². The van der Waals surface area contributed by atoms with Crippen molar-refractivity contribution in [2.75, 3.05) is 0 Å². The summed E-state index contributed by atoms with van der Waals surface area (Å²) in [6.07, 6.45) is 4.24. The molecule has 1 aliphatic carbocycles. The Morgan fingerprint density at radius 2 is 1.70 bits per heavy atom. The molecule has 242 valence electrons. The molecule has 0 unspecified atom stereocenters. The normalized spacial score (nSPS) is 13.0. The van der Waals surface area contributed by atoms with Gasteiger partial charge in [0.2, 0.25) is 5.91 Å². The van der Waals surface area contributed by atoms with E-state index in [1.807, 2.05) is 36.4 Å². The molecule has 0 radical (unpaired) electrons. The van der Waals surface area contributed by atoms with Crippen molar-refractivity contribution >= 4 is 23.4 Å². The Balaban J connectivity index is 1.36. The highest BCUT2D eigenvalue weighted by molar-refractivity contribution is 5.94. The average Bonchev–Trinajstić information content (AvgIpc) is 3.40. The quantitative estimate of drug-likeness (QED) is 0.177. The van der Waals surface area contributed by atoms with Gasteiger partial charge >= 0.3 is 6.09 Å². The van der Waals surface area contributed by atoms with Gasteiger partial charge < -0.3 is 15.8 Å². The number of hydrogen-bond acceptors (Lipinski definition) is 5. The van der Waals surface area contributed by atoms with E-state index in [1.54, 1.807) is 51.2 Å². The van der Waals surface area contributed by atoms with E-state index in [1.165, 1.54) is 12.1 Å². The molecule has 1 aliphatic rings. The number of rotatable bonds is 11. The lowest BCUT2D eigenvalue weighted by atomic mass is 9.85. The van der Waals surface area contributed by atoms with Crippen molar-refractivity contribution in [2.24, 2.45) is 5.73 Å². The summed E-state index contributed by atoms with van der Waals surface area (Å²) in [6.45, 7) is 5.73. The fourth-order valence-corrected chi connectivity index (χ4v) is 5.90. The number of halogens is 2. The van der Waals surface area contributed by atoms with Gasteiger partial charge in [0.1, 0.15) is 23.0 Å². The highest BCUT2D eigenvalue weighted by atomic mass is 19.1. The molecule has 1 aromatic heterocycles. The number of nitrogens with zero attached hydrogens (tertiary/aromatic N) is 1. The van der Waals surface area contributed by atoms with Crippen molar-refractivity contribution < 1.29 is 27.9 Å². The van der Waals surface area contributed by atoms with Crippen molar-refractivity contribution in [2.45, 2.75) is 64.5 Å². The number of carbonyl (C=O) groups excluding carboxylic acids is 3. The van der Waals surface area contributed by atoms with Crippen molar-refractivity contribution in [3.63, 3.8) is 0 Å². The van der Waals surface area contributed by atoms with E-state index in [9.17, 15) is 23.2 Å². The number of nitrogens with two attached hydrogens (primary N) is 1. The van der Waals surface area contributed by atoms with E-state index < -0.39 is 35.2 Å². The molecule has 0 saturated carbocycles. The third-order valence-electron chi connectivity index (χ3n) is 7.87. The summed E-state index contributed by atoms with van der Waals surface area (Å²) in [5, 5.41) is 2.77. The predicted molar refractivity (Wildman–Crippen MR) is 176 cm³/mol. The number of alkyl carbamates (subject to hydrolysis) is 1. The zero-order valence-electron chi connectivity index (χ0n) is 26.6. The highest BCUT2D eigenvalue weighted by Gasteiger charge is 2.25. The average molecular weight is 638 g/mol. The molecule has 0 fully saturated rings. The third kappa shape index (κ3) is 8.76. The van der Waals surface area contributed by atoms with Crippen LogP contribution >= 0.6 is 0 Å². The highest BCUT2D eigenvalue weighted by Crippen LogP contribution is 2.36. The van der Waals surface area contributed by atoms with Crippen LogP contribution in [-0.4, -0.2) is 28.4 Å². The van der Waals surface area contributed by atoms with Gasteiger partial charge in [0, 0.05) is 48.7 Å². The number of Topliss-reactive ketones (excluding diaryl/α,β-unsaturated/α-hetero) is 1. The first-order chi connectivity index (χ1) is 22.3. The molecule has 0 spiro atoms. The number of benzene rings is 3. The number of hydrogen-bond donors (Lipinski definition) is 2. The first kappa shape index (κ1) is 33.2. The predicted octanol–water partition coefficient (Wildman–Crippen LogP) is 7.47. The van der Waals surface area contributed by atoms with Gasteiger partial charge in [-0.05, 0) is 97.3 Å². The van der Waals surface area contributed by atoms with Crippen LogP contribution in [0.2, 0.25) is 0 Å². The van der Waals surface area contributed by atoms with Gasteiger partial charge in [0.05, 0.1) is 5.69 Å². The molecule has 7 nitrogen and oxygen atoms in total. The van der Waals surface area contributed by atoms with Gasteiger partial charge in [-0.15, -0.1) is 0 Å². The van der Waals surface area contributed by atoms with Crippen molar-refractivity contribution in [3.8, 4) is 11.1 Å². The molecule has 4 aromatic rings. The number of pyridine rings is 1. The van der Waals surface area contributed by atoms with Crippen LogP contribution < -0.4 is 11.1 Å². The van der Waals surface area contributed by atoms with Crippen molar-refractivity contribution in [1.29, 1.82) is 0 Å². The van der Waals surface area contributed by atoms with E-state index in [4.69, 9.17) is 10.5 Å². The van der Waals surface area contributed by atoms with Crippen LogP contribution in [0.25, 0.3) is 16.7 Å². The van der Waals surface area contributed by atoms with Gasteiger partial charge in [-0.1, -0.05) is 42.5 Å². The number of aromatic nitrogens is 1. The maximum Gasteiger partial charge on any atom is 0.407 e. The van der Waals surface area contributed by atoms with Crippen LogP contribution in [0.1, 0.15) is 77.8 Å². The lowest BCUT2D eigenvalue weighted by Crippen LogP contribution is -2.32. The fourth-order valence-electron chi connectivity index (χ4n) is 5.90. The summed E-state index contributed by atoms with van der Waals surface area (Å²) in [5.41, 5.74) is 11.5. The summed E-state index contributed by atoms with van der Waals surface area (Å²) in [7, 11) is 0. The van der Waals surface area contributed by atoms with Crippen LogP contribution in [0.15, 0.2) is 85.1 Å². The maximum absolute atomic E-state index is 14.2. The Kier molecular flexibility index (Phi) is 9.94. The maximum atomic E-state index is 14.2. The Hall–Kier alpha value is -5.18. The number of primary amides is 1. The molecule has 5 rings (SSSR count). The van der Waals surface area contributed by atoms with Gasteiger partial charge in [-0.25, -0.2) is 13.6 Å². The van der Waals surface area contributed by atoms with Crippen molar-refractivity contribution in [3.05, 3.63) is 130 Å². The summed E-state index contributed by atoms with van der Waals surface area (Å²) in [6, 6.07) is 19.7. The summed E-state index contributed by atoms with van der Waals surface area (Å²) in [4.78, 5) is 42.3. The second-order valence-corrected chi connectivity index (χ2v) is 12.8. The molecular weight excluding hydrogens is 600 g/mol. The summed E-state index contributed by atoms with van der Waals surface area (Å²) < 4.78 is 33.7. The minimum atomic E-state index is -0.700. The number of allylic oxidation sites excluding steroid dienone is 2. The topological polar surface area (TPSA) is 111 Å². The number of amides is 2. The zero-order chi connectivity index (χ0) is 33.7. The van der Waals surface area contributed by atoms with E-state index in [-0.39, 0.29) is 25.0 Å². The molecule has 0 bridgehead atoms. The van der Waals surface area contributed by atoms with Crippen LogP contribution in [0.3, 0.4) is 0 Å². The lowest BCUT2D eigenvalue weighted by molar-refractivity contribution is -0.118. The molecule has 2 amide bonds. The molecule has 3 aromatic carbocycles. The zero-order valence-corrected chi connectivity index (χ0v) is 26.6. The SMILES string of the molecule is CC(C)(C)OC(=O)NCc1ccc2c(c1)CC=C2CC(=O)C[C@@H](Cc1cc(F)cc(F)c1)c1ncccc1-c1cccc(C(N)=O)c1. The number of ketones is 1. The van der Waals surface area contributed by atoms with Gasteiger partial charge in [0.25, 0.3) is 0 Å². The van der Waals surface area contributed by atoms with Crippen molar-refractivity contribution in [1.82, 2.24) is 10.3 Å². The molecule has 47 heavy (non-hydrogen) atoms. The Morgan fingerprint density at radius 1 is 0.936 bits per heavy atom. The number of fused-ring (bicyclic) bond motifs is 1. The minimum Gasteiger partial charge on any atom is -0.444 e. The summed E-state index contributed by atoms with van der Waals surface area (Å²) >= 11 is 0. The van der Waals surface area contributed by atoms with E-state index in [0.717, 1.165) is 28.3 Å². The van der Waals surface area contributed by atoms with Crippen LogP contribution in [0.5, 0.6) is 0 Å². The third-order valence-corrected chi connectivity index (χ3v) is 7.87. The fraction of sp³-hybridized carbons (Fsp3) is 0.263. The number of carbonyl (C=O) groups is 3. The molecule has 9 heteroatoms. The Labute approximate surface area is 272 Å². The van der Waals surface area contributed by atoms with Crippen LogP contribution in [0.4, 0.5) is 13.6 Å². The molecule has 0 aliphatic heterocycles. The van der Waals surface area contributed by atoms with E-state index >= 15 is 0 Å². The smallest absolute Gasteiger partial charge is 0.407 e. The monoisotopic (exact) mass is 637 g/mol. The van der Waals surface area contributed by atoms with Crippen LogP contribution in [0, 0.1) is 11.6 Å². The molecule has 3 N–H and O–H groups in total. The van der Waals surface area contributed by atoms with Gasteiger partial charge in [-0.3, -0.25) is 14.6 Å². The van der Waals surface area contributed by atoms with Gasteiger partial charge in [0.15, 0.2) is 0 Å². The molecular formula is C38H37F2N3O4. The first-order valence-electron chi connectivity index (χ1n) is 15.4. The minimum absolute atomic E-state index is 0.0517. The Bertz CT molecular complexity index is 1840. The first-order valence-corrected chi connectivity index (χ1v) is 15.4. The lowest BCUT2D eigenvalue weighted by Gasteiger charge is -2.20.